The third-order valence-corrected chi connectivity index (χ3v) is 27.3. The number of hydrogen-bond donors (Lipinski definition) is 7. The zero-order valence-corrected chi connectivity index (χ0v) is 82.1. The number of carboxylic acids is 1. The van der Waals surface area contributed by atoms with Gasteiger partial charge in [0.25, 0.3) is 28.8 Å². The molecule has 732 valence electrons. The number of aliphatic carboxylic acids is 1. The van der Waals surface area contributed by atoms with Gasteiger partial charge in [0.1, 0.15) is 12.4 Å². The molecule has 8 aromatic carbocycles. The zero-order chi connectivity index (χ0) is 98.6. The van der Waals surface area contributed by atoms with Crippen molar-refractivity contribution in [3.8, 4) is 0 Å². The number of benzene rings is 8. The molecule has 4 aliphatic carbocycles. The number of imidazole rings is 1. The Hall–Kier alpha value is -12.8. The number of aliphatic hydroxyl groups is 2. The number of carboxylic acid groups (broad SMARTS) is 1. The molecule has 139 heavy (non-hydrogen) atoms. The summed E-state index contributed by atoms with van der Waals surface area (Å²) >= 11 is 5.55. The number of carbonyl (C=O) groups is 8. The molecule has 4 aliphatic heterocycles. The molecule has 5 heterocycles. The highest BCUT2D eigenvalue weighted by atomic mass is 32.1. The van der Waals surface area contributed by atoms with Crippen molar-refractivity contribution in [3.05, 3.63) is 282 Å². The minimum absolute atomic E-state index is 0.0399. The Morgan fingerprint density at radius 1 is 0.396 bits per heavy atom. The first-order valence-corrected chi connectivity index (χ1v) is 50.2. The molecule has 4 fully saturated rings. The average molecular weight is 1900 g/mol. The maximum Gasteiger partial charge on any atom is 0.309 e. The molecule has 1 aromatic heterocycles. The van der Waals surface area contributed by atoms with E-state index in [1.807, 2.05) is 225 Å². The molecule has 0 unspecified atom stereocenters. The van der Waals surface area contributed by atoms with E-state index < -0.39 is 66.7 Å². The molecule has 0 bridgehead atoms. The smallest absolute Gasteiger partial charge is 0.309 e. The van der Waals surface area contributed by atoms with E-state index in [-0.39, 0.29) is 52.4 Å². The van der Waals surface area contributed by atoms with Crippen LogP contribution < -0.4 is 41.3 Å². The van der Waals surface area contributed by atoms with E-state index in [1.165, 1.54) is 12.8 Å². The van der Waals surface area contributed by atoms with Crippen molar-refractivity contribution < 1.29 is 58.4 Å². The quantitative estimate of drug-likeness (QED) is 0.0142. The van der Waals surface area contributed by atoms with Crippen LogP contribution >= 0.6 is 12.2 Å². The molecule has 26 nitrogen and oxygen atoms in total. The van der Waals surface area contributed by atoms with Crippen LogP contribution in [0.15, 0.2) is 257 Å². The average Bonchev–Trinajstić information content (AvgIpc) is 1.65. The van der Waals surface area contributed by atoms with Crippen molar-refractivity contribution in [1.29, 1.82) is 0 Å². The van der Waals surface area contributed by atoms with Gasteiger partial charge in [0, 0.05) is 91.0 Å². The fourth-order valence-electron chi connectivity index (χ4n) is 18.2. The number of fused-ring (bicyclic) bond motifs is 4. The molecular weight excluding hydrogens is 1770 g/mol. The van der Waals surface area contributed by atoms with Crippen molar-refractivity contribution in [2.45, 2.75) is 231 Å². The molecule has 7 amide bonds. The van der Waals surface area contributed by atoms with Crippen LogP contribution in [0.25, 0.3) is 0 Å². The number of likely N-dealkylation sites (N-methyl/N-ethyl adjacent to an activating group) is 4. The lowest BCUT2D eigenvalue weighted by Gasteiger charge is -2.29. The predicted octanol–water partition coefficient (Wildman–Crippen LogP) is 17.6. The Morgan fingerprint density at radius 2 is 0.712 bits per heavy atom. The number of anilines is 4. The summed E-state index contributed by atoms with van der Waals surface area (Å²) in [6, 6.07) is 69.9. The highest BCUT2D eigenvalue weighted by Crippen LogP contribution is 2.42. The van der Waals surface area contributed by atoms with Crippen molar-refractivity contribution in [1.82, 2.24) is 25.5 Å². The summed E-state index contributed by atoms with van der Waals surface area (Å²) in [6.45, 7) is 8.40. The molecule has 27 heteroatoms. The molecule has 8 N–H and O–H groups in total. The highest BCUT2D eigenvalue weighted by molar-refractivity contribution is 7.80. The Labute approximate surface area is 823 Å². The van der Waals surface area contributed by atoms with Gasteiger partial charge in [-0.2, -0.15) is 0 Å². The van der Waals surface area contributed by atoms with Crippen LogP contribution in [-0.2, 0) is 43.1 Å². The van der Waals surface area contributed by atoms with Gasteiger partial charge in [-0.15, -0.1) is 0 Å². The van der Waals surface area contributed by atoms with Gasteiger partial charge in [0.05, 0.1) is 75.6 Å². The normalized spacial score (nSPS) is 19.0. The van der Waals surface area contributed by atoms with E-state index in [9.17, 15) is 48.6 Å². The van der Waals surface area contributed by atoms with Crippen LogP contribution in [0.1, 0.15) is 233 Å². The third-order valence-electron chi connectivity index (χ3n) is 27.0. The standard InChI is InChI=1S/C31H35N5O3S.C27H33N3O3.C27H33N3O2.C16H15N3O.C11H20O3/c1-3-4-14-26(39-31(40)36-18-17-32-20-36)24(19-21-15-16-21)29(37)34-28-30(38)35(2)25-13-9-8-12-23(25)27(33-28)22-10-6-5-7-11-22;1-3-4-14-23(31)21(17-18-15-16-18)26(32)29-25-27(33)30(2)22-13-9-8-12-20(22)24(28-25)19-10-6-5-7-11-19;1-3-4-6-13-21(18-19-16-17-19)26(31)29-25-27(32)30(2)23-15-10-9-14-22(23)24(28-25)20-11-7-5-8-12-20;1-19-13-10-6-5-9-12(13)14(18-15(17)16(19)20)11-7-3-2-4-8-11;1-2-3-4-10(12)9(11(13)14)7-8-5-6-8/h5-13,17-18,20-21,24,26,28H,3-4,14-16,19H2,1-2H3,(H,34,37);5-13,18,21,23,25,31H,3-4,14-17H2,1-2H3,(H,29,32);5,7-12,14-15,19,21,25H,3-4,6,13,16-18H2,1-2H3,(H,29,31);2-10,15H,17H2,1H3;8-10,12H,2-7H2,1H3,(H,13,14)/t24-,26+,28-;21-,23-,25-;21-,25+;15-;9-,10+/m11001/s1. The van der Waals surface area contributed by atoms with Gasteiger partial charge in [-0.25, -0.2) is 20.0 Å². The van der Waals surface area contributed by atoms with Gasteiger partial charge in [0.15, 0.2) is 6.17 Å². The summed E-state index contributed by atoms with van der Waals surface area (Å²) in [5.41, 5.74) is 19.0. The first-order chi connectivity index (χ1) is 67.4. The minimum atomic E-state index is -1.07. The number of rotatable bonds is 36. The predicted molar refractivity (Wildman–Crippen MR) is 552 cm³/mol. The topological polar surface area (TPSA) is 349 Å². The van der Waals surface area contributed by atoms with Crippen molar-refractivity contribution >= 4 is 110 Å². The first-order valence-electron chi connectivity index (χ1n) is 49.8. The third kappa shape index (κ3) is 28.3. The van der Waals surface area contributed by atoms with Crippen LogP contribution in [0.4, 0.5) is 22.7 Å². The van der Waals surface area contributed by atoms with E-state index in [2.05, 4.69) is 46.7 Å². The Kier molecular flexibility index (Phi) is 37.8. The molecule has 0 spiro atoms. The number of hydrogen-bond acceptors (Lipinski definition) is 18. The van der Waals surface area contributed by atoms with E-state index in [4.69, 9.17) is 42.8 Å². The monoisotopic (exact) mass is 1900 g/mol. The molecule has 4 saturated carbocycles. The van der Waals surface area contributed by atoms with Crippen LogP contribution in [0.3, 0.4) is 0 Å². The number of nitrogens with zero attached hydrogens (tertiary/aromatic N) is 10. The van der Waals surface area contributed by atoms with Gasteiger partial charge in [0.2, 0.25) is 36.2 Å². The second kappa shape index (κ2) is 50.7. The lowest BCUT2D eigenvalue weighted by molar-refractivity contribution is -0.146. The molecule has 17 rings (SSSR count). The van der Waals surface area contributed by atoms with Crippen molar-refractivity contribution in [2.75, 3.05) is 47.8 Å². The Morgan fingerprint density at radius 3 is 1.07 bits per heavy atom. The summed E-state index contributed by atoms with van der Waals surface area (Å²) in [6.07, 6.45) is 22.9. The number of benzodiazepines with no additional fused rings is 4. The molecule has 0 saturated heterocycles. The van der Waals surface area contributed by atoms with Gasteiger partial charge in [-0.1, -0.05) is 331 Å². The molecular formula is C112H136N14O12S. The molecule has 0 radical (unpaired) electrons. The van der Waals surface area contributed by atoms with Gasteiger partial charge >= 0.3 is 5.97 Å². The minimum Gasteiger partial charge on any atom is -0.481 e. The summed E-state index contributed by atoms with van der Waals surface area (Å²) in [7, 11) is 6.92. The van der Waals surface area contributed by atoms with E-state index >= 15 is 0 Å². The Balaban J connectivity index is 0.000000152. The number of aromatic nitrogens is 2. The van der Waals surface area contributed by atoms with Crippen LogP contribution in [-0.4, -0.2) is 171 Å². The number of aliphatic hydroxyl groups excluding tert-OH is 2. The fraction of sp³-hybridized carbons (Fsp3) is 0.429. The Bertz CT molecular complexity index is 5770. The lowest BCUT2D eigenvalue weighted by Crippen LogP contribution is -2.50. The molecule has 11 atom stereocenters. The fourth-order valence-corrected chi connectivity index (χ4v) is 18.4. The van der Waals surface area contributed by atoms with E-state index in [0.717, 1.165) is 188 Å². The number of thiocarbonyl (C=S) groups is 1. The van der Waals surface area contributed by atoms with Crippen molar-refractivity contribution in [2.24, 2.45) is 73.0 Å². The van der Waals surface area contributed by atoms with Crippen molar-refractivity contribution in [3.63, 3.8) is 0 Å². The SMILES string of the molecule is CCCCC[C@@H](CC1CC1)C(=O)N[C@H]1N=C(c2ccccc2)c2ccccc2N(C)C1=O.CCCC[C@@H](O)[C@@H](CC1CC1)C(=O)N[C@H]1N=C(c2ccccc2)c2ccccc2N(C)C1=O.CCCC[C@H](O)[C@@H](CC1CC1)C(=O)O.CCCC[C@H](OC(=S)n1ccnc1)[C@@H](CC1CC1)C(=O)N[C@H]1N=C(c2ccccc2)c2ccccc2N(C)C1=O.CN1C(=O)[C@@H](N)N=C(c2ccccc2)c2ccccc21. The largest absolute Gasteiger partial charge is 0.481 e. The summed E-state index contributed by atoms with van der Waals surface area (Å²) < 4.78 is 7.91. The highest BCUT2D eigenvalue weighted by Gasteiger charge is 2.43. The molecule has 8 aliphatic rings. The number of carbonyl (C=O) groups excluding carboxylic acids is 7. The van der Waals surface area contributed by atoms with Crippen LogP contribution in [0.2, 0.25) is 0 Å². The number of amides is 7. The summed E-state index contributed by atoms with van der Waals surface area (Å²) in [5.74, 6) is -1.82. The second-order valence-corrected chi connectivity index (χ2v) is 38.1. The number of para-hydroxylation sites is 4. The number of nitrogens with one attached hydrogen (secondary N) is 3. The van der Waals surface area contributed by atoms with E-state index in [0.29, 0.717) is 73.6 Å². The van der Waals surface area contributed by atoms with Gasteiger partial charge < -0.3 is 61.3 Å². The molecule has 9 aromatic rings. The number of unbranched alkanes of at least 4 members (excludes halogenated alkanes) is 5. The van der Waals surface area contributed by atoms with Gasteiger partial charge in [-0.3, -0.25) is 47.9 Å². The number of nitrogens with two attached hydrogens (primary N) is 1. The number of aliphatic imine (C=N–C) groups is 4. The van der Waals surface area contributed by atoms with Gasteiger partial charge in [-0.05, 0) is 112 Å². The maximum absolute atomic E-state index is 14.0. The maximum atomic E-state index is 14.0. The van der Waals surface area contributed by atoms with E-state index in [1.54, 1.807) is 71.1 Å². The van der Waals surface area contributed by atoms with Crippen LogP contribution in [0.5, 0.6) is 0 Å². The van der Waals surface area contributed by atoms with Crippen LogP contribution in [0, 0.1) is 47.3 Å². The summed E-state index contributed by atoms with van der Waals surface area (Å²) in [4.78, 5) is 133. The second-order valence-electron chi connectivity index (χ2n) is 37.7. The summed E-state index contributed by atoms with van der Waals surface area (Å²) in [5, 5.41) is 38.6. The zero-order valence-electron chi connectivity index (χ0n) is 81.3. The lowest BCUT2D eigenvalue weighted by atomic mass is 9.91. The first kappa shape index (κ1) is 104. The number of ether oxygens (including phenoxy) is 1.